The topological polar surface area (TPSA) is 66.8 Å². The molecule has 0 aliphatic carbocycles. The Kier molecular flexibility index (Phi) is 4.92. The standard InChI is InChI=1S/C16H15Cl2NO4S/c17-11-3-5-12(6-4-11)23-15-10-16(24(20,21)22)13(18)9-14(15)19-7-1-2-8-19/h3-6,9-10H,1-2,7-8H2,(H,20,21,22). The monoisotopic (exact) mass is 387 g/mol. The molecule has 1 heterocycles. The Labute approximate surface area is 150 Å². The summed E-state index contributed by atoms with van der Waals surface area (Å²) in [5, 5.41) is 0.528. The fraction of sp³-hybridized carbons (Fsp3) is 0.250. The van der Waals surface area contributed by atoms with Crippen molar-refractivity contribution in [2.75, 3.05) is 18.0 Å². The minimum atomic E-state index is -4.45. The highest BCUT2D eigenvalue weighted by Crippen LogP contribution is 2.40. The molecule has 0 bridgehead atoms. The molecule has 24 heavy (non-hydrogen) atoms. The number of hydrogen-bond acceptors (Lipinski definition) is 4. The molecule has 2 aromatic rings. The maximum Gasteiger partial charge on any atom is 0.296 e. The molecule has 8 heteroatoms. The Morgan fingerprint density at radius 1 is 1.04 bits per heavy atom. The highest BCUT2D eigenvalue weighted by Gasteiger charge is 2.23. The molecule has 5 nitrogen and oxygen atoms in total. The molecule has 1 aliphatic heterocycles. The molecule has 1 saturated heterocycles. The largest absolute Gasteiger partial charge is 0.455 e. The lowest BCUT2D eigenvalue weighted by Gasteiger charge is -2.22. The van der Waals surface area contributed by atoms with Crippen molar-refractivity contribution in [1.29, 1.82) is 0 Å². The molecular formula is C16H15Cl2NO4S. The second-order valence-electron chi connectivity index (χ2n) is 5.48. The van der Waals surface area contributed by atoms with Gasteiger partial charge in [-0.3, -0.25) is 4.55 Å². The second kappa shape index (κ2) is 6.80. The van der Waals surface area contributed by atoms with Crippen LogP contribution in [0.1, 0.15) is 12.8 Å². The summed E-state index contributed by atoms with van der Waals surface area (Å²) in [6, 6.07) is 9.47. The minimum Gasteiger partial charge on any atom is -0.455 e. The van der Waals surface area contributed by atoms with Gasteiger partial charge < -0.3 is 9.64 Å². The van der Waals surface area contributed by atoms with Crippen LogP contribution >= 0.6 is 23.2 Å². The van der Waals surface area contributed by atoms with Gasteiger partial charge in [-0.25, -0.2) is 0 Å². The Bertz CT molecular complexity index is 847. The summed E-state index contributed by atoms with van der Waals surface area (Å²) in [6.45, 7) is 1.66. The summed E-state index contributed by atoms with van der Waals surface area (Å²) >= 11 is 11.9. The van der Waals surface area contributed by atoms with Gasteiger partial charge in [-0.1, -0.05) is 23.2 Å². The molecule has 0 spiro atoms. The molecule has 0 unspecified atom stereocenters. The van der Waals surface area contributed by atoms with Gasteiger partial charge in [-0.2, -0.15) is 8.42 Å². The molecule has 0 aromatic heterocycles. The smallest absolute Gasteiger partial charge is 0.296 e. The summed E-state index contributed by atoms with van der Waals surface area (Å²) in [4.78, 5) is 1.70. The first kappa shape index (κ1) is 17.4. The van der Waals surface area contributed by atoms with E-state index in [1.54, 1.807) is 24.3 Å². The van der Waals surface area contributed by atoms with Gasteiger partial charge in [-0.05, 0) is 43.2 Å². The van der Waals surface area contributed by atoms with Gasteiger partial charge in [0.25, 0.3) is 10.1 Å². The van der Waals surface area contributed by atoms with Gasteiger partial charge in [0.2, 0.25) is 0 Å². The molecule has 1 N–H and O–H groups in total. The molecule has 0 amide bonds. The van der Waals surface area contributed by atoms with E-state index >= 15 is 0 Å². The van der Waals surface area contributed by atoms with Crippen LogP contribution in [0.3, 0.4) is 0 Å². The number of nitrogens with zero attached hydrogens (tertiary/aromatic N) is 1. The van der Waals surface area contributed by atoms with E-state index in [0.29, 0.717) is 22.2 Å². The number of hydrogen-bond donors (Lipinski definition) is 1. The Hall–Kier alpha value is -1.47. The fourth-order valence-corrected chi connectivity index (χ4v) is 3.78. The van der Waals surface area contributed by atoms with Crippen LogP contribution in [0.25, 0.3) is 0 Å². The minimum absolute atomic E-state index is 0.0390. The van der Waals surface area contributed by atoms with Crippen molar-refractivity contribution in [3.63, 3.8) is 0 Å². The van der Waals surface area contributed by atoms with Gasteiger partial charge in [-0.15, -0.1) is 0 Å². The van der Waals surface area contributed by atoms with E-state index in [1.165, 1.54) is 12.1 Å². The fourth-order valence-electron chi connectivity index (χ4n) is 2.64. The van der Waals surface area contributed by atoms with Crippen molar-refractivity contribution in [3.8, 4) is 11.5 Å². The lowest BCUT2D eigenvalue weighted by molar-refractivity contribution is 0.471. The zero-order valence-electron chi connectivity index (χ0n) is 12.6. The quantitative estimate of drug-likeness (QED) is 0.774. The molecule has 1 aliphatic rings. The first-order valence-corrected chi connectivity index (χ1v) is 9.53. The van der Waals surface area contributed by atoms with Crippen LogP contribution in [0.2, 0.25) is 10.0 Å². The molecule has 0 radical (unpaired) electrons. The van der Waals surface area contributed by atoms with Crippen molar-refractivity contribution in [1.82, 2.24) is 0 Å². The third kappa shape index (κ3) is 3.78. The number of ether oxygens (including phenoxy) is 1. The van der Waals surface area contributed by atoms with Crippen molar-refractivity contribution in [2.24, 2.45) is 0 Å². The third-order valence-electron chi connectivity index (χ3n) is 3.78. The van der Waals surface area contributed by atoms with Gasteiger partial charge in [0.15, 0.2) is 5.75 Å². The summed E-state index contributed by atoms with van der Waals surface area (Å²) in [7, 11) is -4.45. The molecule has 1 fully saturated rings. The van der Waals surface area contributed by atoms with Gasteiger partial charge in [0.05, 0.1) is 10.7 Å². The first-order valence-electron chi connectivity index (χ1n) is 7.34. The van der Waals surface area contributed by atoms with Gasteiger partial charge in [0, 0.05) is 24.2 Å². The molecule has 0 saturated carbocycles. The van der Waals surface area contributed by atoms with Crippen molar-refractivity contribution in [2.45, 2.75) is 17.7 Å². The van der Waals surface area contributed by atoms with Crippen molar-refractivity contribution < 1.29 is 17.7 Å². The average molecular weight is 388 g/mol. The van der Waals surface area contributed by atoms with E-state index in [2.05, 4.69) is 4.90 Å². The zero-order valence-corrected chi connectivity index (χ0v) is 14.9. The summed E-state index contributed by atoms with van der Waals surface area (Å²) in [5.74, 6) is 0.819. The molecule has 2 aromatic carbocycles. The van der Waals surface area contributed by atoms with Crippen LogP contribution in [0.15, 0.2) is 41.3 Å². The van der Waals surface area contributed by atoms with Crippen LogP contribution in [0, 0.1) is 0 Å². The lowest BCUT2D eigenvalue weighted by atomic mass is 10.2. The normalized spacial score (nSPS) is 14.9. The molecule has 3 rings (SSSR count). The number of anilines is 1. The van der Waals surface area contributed by atoms with Crippen LogP contribution in [0.5, 0.6) is 11.5 Å². The Balaban J connectivity index is 2.07. The van der Waals surface area contributed by atoms with E-state index in [1.807, 2.05) is 0 Å². The number of benzene rings is 2. The van der Waals surface area contributed by atoms with Crippen molar-refractivity contribution in [3.05, 3.63) is 46.4 Å². The number of halogens is 2. The summed E-state index contributed by atoms with van der Waals surface area (Å²) in [6.07, 6.45) is 2.08. The van der Waals surface area contributed by atoms with Crippen LogP contribution in [-0.2, 0) is 10.1 Å². The van der Waals surface area contributed by atoms with Gasteiger partial charge >= 0.3 is 0 Å². The maximum absolute atomic E-state index is 11.5. The predicted octanol–water partition coefficient (Wildman–Crippen LogP) is 4.63. The third-order valence-corrected chi connectivity index (χ3v) is 5.35. The SMILES string of the molecule is O=S(=O)(O)c1cc(Oc2ccc(Cl)cc2)c(N2CCCC2)cc1Cl. The van der Waals surface area contributed by atoms with E-state index in [4.69, 9.17) is 27.9 Å². The Morgan fingerprint density at radius 2 is 1.67 bits per heavy atom. The highest BCUT2D eigenvalue weighted by molar-refractivity contribution is 7.86. The van der Waals surface area contributed by atoms with Crippen LogP contribution in [0.4, 0.5) is 5.69 Å². The number of rotatable bonds is 4. The summed E-state index contributed by atoms with van der Waals surface area (Å²) in [5.41, 5.74) is 0.694. The van der Waals surface area contributed by atoms with Crippen LogP contribution in [-0.4, -0.2) is 26.1 Å². The lowest BCUT2D eigenvalue weighted by Crippen LogP contribution is -2.18. The predicted molar refractivity (Wildman–Crippen MR) is 94.2 cm³/mol. The van der Waals surface area contributed by atoms with E-state index in [-0.39, 0.29) is 9.92 Å². The van der Waals surface area contributed by atoms with E-state index < -0.39 is 10.1 Å². The second-order valence-corrected chi connectivity index (χ2v) is 7.71. The van der Waals surface area contributed by atoms with E-state index in [9.17, 15) is 13.0 Å². The first-order chi connectivity index (χ1) is 11.3. The van der Waals surface area contributed by atoms with Crippen LogP contribution < -0.4 is 9.64 Å². The maximum atomic E-state index is 11.5. The average Bonchev–Trinajstić information content (AvgIpc) is 3.04. The van der Waals surface area contributed by atoms with Crippen molar-refractivity contribution >= 4 is 39.0 Å². The van der Waals surface area contributed by atoms with Gasteiger partial charge in [0.1, 0.15) is 10.6 Å². The zero-order chi connectivity index (χ0) is 17.3. The Morgan fingerprint density at radius 3 is 2.25 bits per heavy atom. The summed E-state index contributed by atoms with van der Waals surface area (Å²) < 4.78 is 38.2. The molecule has 128 valence electrons. The molecular weight excluding hydrogens is 373 g/mol. The highest BCUT2D eigenvalue weighted by atomic mass is 35.5. The van der Waals surface area contributed by atoms with E-state index in [0.717, 1.165) is 25.9 Å². The molecule has 0 atom stereocenters.